The minimum absolute atomic E-state index is 0.0349. The Kier molecular flexibility index (Phi) is 4.96. The number of ether oxygens (including phenoxy) is 1. The van der Waals surface area contributed by atoms with Crippen molar-refractivity contribution < 1.29 is 17.9 Å². The minimum atomic E-state index is -3.21. The fourth-order valence-corrected chi connectivity index (χ4v) is 5.34. The lowest BCUT2D eigenvalue weighted by Crippen LogP contribution is -2.47. The molecule has 0 aliphatic carbocycles. The Morgan fingerprint density at radius 3 is 2.71 bits per heavy atom. The summed E-state index contributed by atoms with van der Waals surface area (Å²) in [5.41, 5.74) is 2.06. The van der Waals surface area contributed by atoms with E-state index in [2.05, 4.69) is 4.98 Å². The van der Waals surface area contributed by atoms with Gasteiger partial charge in [0.15, 0.2) is 0 Å². The highest BCUT2D eigenvalue weighted by atomic mass is 32.2. The lowest BCUT2D eigenvalue weighted by Gasteiger charge is -2.42. The zero-order chi connectivity index (χ0) is 17.4. The van der Waals surface area contributed by atoms with Gasteiger partial charge in [0.2, 0.25) is 10.0 Å². The van der Waals surface area contributed by atoms with Gasteiger partial charge >= 0.3 is 0 Å². The van der Waals surface area contributed by atoms with Gasteiger partial charge in [-0.05, 0) is 18.3 Å². The van der Waals surface area contributed by atoms with Crippen LogP contribution in [0, 0.1) is 11.3 Å². The molecule has 7 nitrogen and oxygen atoms in total. The number of hydrogen-bond donors (Lipinski definition) is 0. The average Bonchev–Trinajstić information content (AvgIpc) is 3.17. The van der Waals surface area contributed by atoms with E-state index in [9.17, 15) is 13.2 Å². The number of rotatable bonds is 4. The number of piperidine rings is 1. The molecule has 0 radical (unpaired) electrons. The van der Waals surface area contributed by atoms with Gasteiger partial charge in [-0.25, -0.2) is 17.7 Å². The van der Waals surface area contributed by atoms with Crippen LogP contribution >= 0.6 is 11.3 Å². The number of likely N-dealkylation sites (tertiary alicyclic amines) is 1. The van der Waals surface area contributed by atoms with E-state index < -0.39 is 10.0 Å². The third-order valence-electron chi connectivity index (χ3n) is 5.32. The van der Waals surface area contributed by atoms with Crippen LogP contribution in [0.2, 0.25) is 0 Å². The van der Waals surface area contributed by atoms with Crippen molar-refractivity contribution in [3.8, 4) is 0 Å². The van der Waals surface area contributed by atoms with Crippen molar-refractivity contribution in [2.75, 3.05) is 46.2 Å². The monoisotopic (exact) mass is 373 g/mol. The molecular formula is C15H23N3O4S2. The average molecular weight is 374 g/mol. The van der Waals surface area contributed by atoms with E-state index in [-0.39, 0.29) is 17.2 Å². The van der Waals surface area contributed by atoms with Crippen molar-refractivity contribution in [2.24, 2.45) is 11.3 Å². The number of amides is 1. The predicted octanol–water partition coefficient (Wildman–Crippen LogP) is 0.903. The third kappa shape index (κ3) is 3.35. The Balaban J connectivity index is 1.71. The SMILES string of the molecule is COC[C@@H]1CN(S(C)(=O)=O)CC12CCN(C(=O)c1cscn1)CC2. The van der Waals surface area contributed by atoms with Gasteiger partial charge in [-0.1, -0.05) is 0 Å². The standard InChI is InChI=1S/C15H23N3O4S2/c1-22-8-12-7-18(24(2,20)21)10-15(12)3-5-17(6-4-15)14(19)13-9-23-11-16-13/h9,11-12H,3-8,10H2,1-2H3/t12-/m0/s1. The van der Waals surface area contributed by atoms with E-state index >= 15 is 0 Å². The molecular weight excluding hydrogens is 350 g/mol. The summed E-state index contributed by atoms with van der Waals surface area (Å²) in [5, 5.41) is 1.77. The highest BCUT2D eigenvalue weighted by molar-refractivity contribution is 7.88. The highest BCUT2D eigenvalue weighted by Crippen LogP contribution is 2.45. The Morgan fingerprint density at radius 2 is 2.17 bits per heavy atom. The van der Waals surface area contributed by atoms with Gasteiger partial charge in [0.05, 0.1) is 18.4 Å². The van der Waals surface area contributed by atoms with Crippen LogP contribution in [-0.2, 0) is 14.8 Å². The van der Waals surface area contributed by atoms with Crippen LogP contribution < -0.4 is 0 Å². The van der Waals surface area contributed by atoms with Crippen LogP contribution in [-0.4, -0.2) is 74.7 Å². The van der Waals surface area contributed by atoms with Gasteiger partial charge in [-0.3, -0.25) is 4.79 Å². The molecule has 0 aromatic carbocycles. The molecule has 9 heteroatoms. The number of thiazole rings is 1. The van der Waals surface area contributed by atoms with Gasteiger partial charge in [0, 0.05) is 44.6 Å². The molecule has 0 bridgehead atoms. The summed E-state index contributed by atoms with van der Waals surface area (Å²) in [6.07, 6.45) is 2.85. The van der Waals surface area contributed by atoms with Crippen LogP contribution in [0.5, 0.6) is 0 Å². The largest absolute Gasteiger partial charge is 0.384 e. The molecule has 1 spiro atoms. The normalized spacial score (nSPS) is 24.6. The first-order valence-corrected chi connectivity index (χ1v) is 10.8. The summed E-state index contributed by atoms with van der Waals surface area (Å²) in [7, 11) is -1.56. The number of nitrogens with zero attached hydrogens (tertiary/aromatic N) is 3. The Labute approximate surface area is 146 Å². The van der Waals surface area contributed by atoms with E-state index in [1.54, 1.807) is 22.3 Å². The summed E-state index contributed by atoms with van der Waals surface area (Å²) >= 11 is 1.41. The van der Waals surface area contributed by atoms with Gasteiger partial charge in [0.25, 0.3) is 5.91 Å². The van der Waals surface area contributed by atoms with Crippen LogP contribution in [0.3, 0.4) is 0 Å². The number of carbonyl (C=O) groups excluding carboxylic acids is 1. The van der Waals surface area contributed by atoms with Gasteiger partial charge < -0.3 is 9.64 Å². The molecule has 0 unspecified atom stereocenters. The number of hydrogen-bond acceptors (Lipinski definition) is 6. The molecule has 2 aliphatic heterocycles. The van der Waals surface area contributed by atoms with E-state index in [4.69, 9.17) is 4.74 Å². The molecule has 134 valence electrons. The first-order valence-electron chi connectivity index (χ1n) is 7.97. The van der Waals surface area contributed by atoms with Crippen LogP contribution in [0.15, 0.2) is 10.9 Å². The van der Waals surface area contributed by atoms with E-state index in [1.165, 1.54) is 17.6 Å². The number of aromatic nitrogens is 1. The maximum Gasteiger partial charge on any atom is 0.273 e. The van der Waals surface area contributed by atoms with Crippen molar-refractivity contribution in [1.29, 1.82) is 0 Å². The summed E-state index contributed by atoms with van der Waals surface area (Å²) < 4.78 is 30.8. The molecule has 0 N–H and O–H groups in total. The Morgan fingerprint density at radius 1 is 1.46 bits per heavy atom. The van der Waals surface area contributed by atoms with Crippen molar-refractivity contribution >= 4 is 27.3 Å². The Bertz CT molecular complexity index is 682. The quantitative estimate of drug-likeness (QED) is 0.784. The molecule has 2 aliphatic rings. The molecule has 3 heterocycles. The van der Waals surface area contributed by atoms with Crippen molar-refractivity contribution in [3.05, 3.63) is 16.6 Å². The number of sulfonamides is 1. The summed E-state index contributed by atoms with van der Waals surface area (Å²) in [6, 6.07) is 0. The smallest absolute Gasteiger partial charge is 0.273 e. The van der Waals surface area contributed by atoms with Crippen molar-refractivity contribution in [2.45, 2.75) is 12.8 Å². The van der Waals surface area contributed by atoms with E-state index in [0.717, 1.165) is 12.8 Å². The molecule has 2 saturated heterocycles. The molecule has 1 amide bonds. The third-order valence-corrected chi connectivity index (χ3v) is 7.12. The molecule has 1 aromatic rings. The highest BCUT2D eigenvalue weighted by Gasteiger charge is 2.50. The topological polar surface area (TPSA) is 79.8 Å². The van der Waals surface area contributed by atoms with Crippen LogP contribution in [0.25, 0.3) is 0 Å². The number of carbonyl (C=O) groups is 1. The molecule has 2 fully saturated rings. The van der Waals surface area contributed by atoms with Crippen molar-refractivity contribution in [1.82, 2.24) is 14.2 Å². The zero-order valence-corrected chi connectivity index (χ0v) is 15.6. The van der Waals surface area contributed by atoms with E-state index in [1.807, 2.05) is 4.90 Å². The molecule has 1 atom stereocenters. The van der Waals surface area contributed by atoms with E-state index in [0.29, 0.717) is 38.5 Å². The number of methoxy groups -OCH3 is 1. The first kappa shape index (κ1) is 17.8. The first-order chi connectivity index (χ1) is 11.4. The second-order valence-corrected chi connectivity index (χ2v) is 9.44. The molecule has 0 saturated carbocycles. The predicted molar refractivity (Wildman–Crippen MR) is 91.5 cm³/mol. The van der Waals surface area contributed by atoms with Crippen LogP contribution in [0.1, 0.15) is 23.3 Å². The molecule has 3 rings (SSSR count). The van der Waals surface area contributed by atoms with Gasteiger partial charge in [-0.15, -0.1) is 11.3 Å². The Hall–Kier alpha value is -1.03. The second kappa shape index (κ2) is 6.70. The van der Waals surface area contributed by atoms with Crippen LogP contribution in [0.4, 0.5) is 0 Å². The zero-order valence-electron chi connectivity index (χ0n) is 14.0. The minimum Gasteiger partial charge on any atom is -0.384 e. The maximum absolute atomic E-state index is 12.4. The molecule has 24 heavy (non-hydrogen) atoms. The lowest BCUT2D eigenvalue weighted by molar-refractivity contribution is 0.0325. The van der Waals surface area contributed by atoms with Crippen molar-refractivity contribution in [3.63, 3.8) is 0 Å². The summed E-state index contributed by atoms with van der Waals surface area (Å²) in [6.45, 7) is 2.85. The molecule has 1 aromatic heterocycles. The fourth-order valence-electron chi connectivity index (χ4n) is 3.87. The summed E-state index contributed by atoms with van der Waals surface area (Å²) in [5.74, 6) is 0.140. The lowest BCUT2D eigenvalue weighted by atomic mass is 9.71. The second-order valence-electron chi connectivity index (χ2n) is 6.74. The fraction of sp³-hybridized carbons (Fsp3) is 0.733. The van der Waals surface area contributed by atoms with Gasteiger partial charge in [0.1, 0.15) is 5.69 Å². The maximum atomic E-state index is 12.4. The van der Waals surface area contributed by atoms with Gasteiger partial charge in [-0.2, -0.15) is 0 Å². The summed E-state index contributed by atoms with van der Waals surface area (Å²) in [4.78, 5) is 18.3.